The number of imidazole rings is 1. The number of hydrogen-bond donors (Lipinski definition) is 1. The SMILES string of the molecule is CN1C(=O)CCc2cc(-n3cnc4c3C(=O)OC(C)(CO)C4)ccc21. The number of nitrogens with zero attached hydrogens (tertiary/aromatic N) is 3. The molecule has 4 rings (SSSR count). The first kappa shape index (κ1) is 15.8. The van der Waals surface area contributed by atoms with Gasteiger partial charge in [-0.2, -0.15) is 0 Å². The molecule has 130 valence electrons. The van der Waals surface area contributed by atoms with Crippen molar-refractivity contribution in [1.82, 2.24) is 9.55 Å². The van der Waals surface area contributed by atoms with Gasteiger partial charge in [-0.25, -0.2) is 9.78 Å². The number of aliphatic hydroxyl groups excluding tert-OH is 1. The molecule has 0 radical (unpaired) electrons. The maximum absolute atomic E-state index is 12.5. The fourth-order valence-corrected chi connectivity index (χ4v) is 3.47. The molecular formula is C18H19N3O4. The Bertz CT molecular complexity index is 888. The number of carbonyl (C=O) groups excluding carboxylic acids is 2. The van der Waals surface area contributed by atoms with Gasteiger partial charge < -0.3 is 14.7 Å². The zero-order valence-electron chi connectivity index (χ0n) is 14.2. The summed E-state index contributed by atoms with van der Waals surface area (Å²) >= 11 is 0. The molecule has 2 aromatic rings. The molecule has 0 saturated carbocycles. The van der Waals surface area contributed by atoms with Crippen molar-refractivity contribution < 1.29 is 19.4 Å². The normalized spacial score (nSPS) is 22.4. The number of esters is 1. The lowest BCUT2D eigenvalue weighted by atomic mass is 9.97. The molecule has 1 atom stereocenters. The fourth-order valence-electron chi connectivity index (χ4n) is 3.47. The summed E-state index contributed by atoms with van der Waals surface area (Å²) in [5.41, 5.74) is 2.85. The van der Waals surface area contributed by atoms with Gasteiger partial charge in [0, 0.05) is 31.3 Å². The number of aromatic nitrogens is 2. The van der Waals surface area contributed by atoms with Crippen molar-refractivity contribution in [3.05, 3.63) is 41.5 Å². The maximum Gasteiger partial charge on any atom is 0.357 e. The topological polar surface area (TPSA) is 84.7 Å². The molecule has 0 aliphatic carbocycles. The number of benzene rings is 1. The highest BCUT2D eigenvalue weighted by atomic mass is 16.6. The van der Waals surface area contributed by atoms with E-state index in [1.165, 1.54) is 0 Å². The quantitative estimate of drug-likeness (QED) is 0.831. The van der Waals surface area contributed by atoms with Crippen molar-refractivity contribution >= 4 is 17.6 Å². The summed E-state index contributed by atoms with van der Waals surface area (Å²) in [6.07, 6.45) is 3.14. The van der Waals surface area contributed by atoms with E-state index < -0.39 is 11.6 Å². The molecule has 1 unspecified atom stereocenters. The number of fused-ring (bicyclic) bond motifs is 2. The number of ether oxygens (including phenoxy) is 1. The monoisotopic (exact) mass is 341 g/mol. The summed E-state index contributed by atoms with van der Waals surface area (Å²) in [6, 6.07) is 5.73. The van der Waals surface area contributed by atoms with Gasteiger partial charge in [-0.3, -0.25) is 9.36 Å². The van der Waals surface area contributed by atoms with Crippen LogP contribution in [0.5, 0.6) is 0 Å². The highest BCUT2D eigenvalue weighted by Crippen LogP contribution is 2.32. The lowest BCUT2D eigenvalue weighted by molar-refractivity contribution is -0.118. The van der Waals surface area contributed by atoms with E-state index >= 15 is 0 Å². The smallest absolute Gasteiger partial charge is 0.357 e. The Morgan fingerprint density at radius 3 is 2.88 bits per heavy atom. The highest BCUT2D eigenvalue weighted by molar-refractivity contribution is 5.96. The first-order valence-electron chi connectivity index (χ1n) is 8.22. The number of anilines is 1. The predicted molar refractivity (Wildman–Crippen MR) is 89.9 cm³/mol. The van der Waals surface area contributed by atoms with E-state index in [9.17, 15) is 14.7 Å². The summed E-state index contributed by atoms with van der Waals surface area (Å²) in [7, 11) is 1.77. The minimum Gasteiger partial charge on any atom is -0.452 e. The van der Waals surface area contributed by atoms with Crippen LogP contribution in [-0.2, 0) is 22.4 Å². The van der Waals surface area contributed by atoms with E-state index in [0.29, 0.717) is 30.7 Å². The van der Waals surface area contributed by atoms with E-state index in [2.05, 4.69) is 4.98 Å². The van der Waals surface area contributed by atoms with E-state index in [0.717, 1.165) is 16.9 Å². The lowest BCUT2D eigenvalue weighted by Gasteiger charge is -2.31. The molecule has 0 spiro atoms. The van der Waals surface area contributed by atoms with Crippen LogP contribution in [0.2, 0.25) is 0 Å². The summed E-state index contributed by atoms with van der Waals surface area (Å²) in [4.78, 5) is 30.3. The van der Waals surface area contributed by atoms with Crippen LogP contribution in [-0.4, -0.2) is 45.8 Å². The van der Waals surface area contributed by atoms with Crippen molar-refractivity contribution in [2.45, 2.75) is 31.8 Å². The fraction of sp³-hybridized carbons (Fsp3) is 0.389. The van der Waals surface area contributed by atoms with Gasteiger partial charge in [0.2, 0.25) is 5.91 Å². The molecule has 2 aliphatic rings. The number of hydrogen-bond acceptors (Lipinski definition) is 5. The molecule has 7 nitrogen and oxygen atoms in total. The summed E-state index contributed by atoms with van der Waals surface area (Å²) in [6.45, 7) is 1.45. The van der Waals surface area contributed by atoms with Gasteiger partial charge in [0.05, 0.1) is 12.3 Å². The third-order valence-corrected chi connectivity index (χ3v) is 4.94. The van der Waals surface area contributed by atoms with Crippen LogP contribution in [0.1, 0.15) is 35.1 Å². The average Bonchev–Trinajstić information content (AvgIpc) is 3.02. The molecule has 1 N–H and O–H groups in total. The number of carbonyl (C=O) groups is 2. The second-order valence-electron chi connectivity index (χ2n) is 6.85. The third-order valence-electron chi connectivity index (χ3n) is 4.94. The minimum absolute atomic E-state index is 0.104. The third kappa shape index (κ3) is 2.42. The largest absolute Gasteiger partial charge is 0.452 e. The molecule has 25 heavy (non-hydrogen) atoms. The average molecular weight is 341 g/mol. The van der Waals surface area contributed by atoms with Gasteiger partial charge >= 0.3 is 5.97 Å². The Morgan fingerprint density at radius 1 is 1.32 bits per heavy atom. The summed E-state index contributed by atoms with van der Waals surface area (Å²) in [5, 5.41) is 9.45. The van der Waals surface area contributed by atoms with Crippen LogP contribution in [0, 0.1) is 0 Å². The lowest BCUT2D eigenvalue weighted by Crippen LogP contribution is -2.42. The van der Waals surface area contributed by atoms with E-state index in [-0.39, 0.29) is 12.5 Å². The second kappa shape index (κ2) is 5.42. The Kier molecular flexibility index (Phi) is 3.43. The van der Waals surface area contributed by atoms with Crippen LogP contribution in [0.15, 0.2) is 24.5 Å². The van der Waals surface area contributed by atoms with Crippen LogP contribution in [0.3, 0.4) is 0 Å². The van der Waals surface area contributed by atoms with Gasteiger partial charge in [-0.15, -0.1) is 0 Å². The van der Waals surface area contributed by atoms with E-state index in [1.54, 1.807) is 29.8 Å². The van der Waals surface area contributed by atoms with Crippen molar-refractivity contribution in [3.8, 4) is 5.69 Å². The van der Waals surface area contributed by atoms with Crippen LogP contribution < -0.4 is 4.90 Å². The molecule has 2 aliphatic heterocycles. The Balaban J connectivity index is 1.76. The van der Waals surface area contributed by atoms with Crippen molar-refractivity contribution in [2.24, 2.45) is 0 Å². The van der Waals surface area contributed by atoms with Gasteiger partial charge in [0.1, 0.15) is 11.9 Å². The maximum atomic E-state index is 12.5. The van der Waals surface area contributed by atoms with E-state index in [4.69, 9.17) is 4.74 Å². The molecule has 0 bridgehead atoms. The van der Waals surface area contributed by atoms with Gasteiger partial charge in [0.25, 0.3) is 0 Å². The zero-order chi connectivity index (χ0) is 17.8. The van der Waals surface area contributed by atoms with Crippen molar-refractivity contribution in [3.63, 3.8) is 0 Å². The molecule has 0 saturated heterocycles. The van der Waals surface area contributed by atoms with Gasteiger partial charge in [-0.05, 0) is 37.1 Å². The second-order valence-corrected chi connectivity index (χ2v) is 6.85. The van der Waals surface area contributed by atoms with Crippen LogP contribution in [0.25, 0.3) is 5.69 Å². The number of aliphatic hydroxyl groups is 1. The van der Waals surface area contributed by atoms with E-state index in [1.807, 2.05) is 18.2 Å². The van der Waals surface area contributed by atoms with Gasteiger partial charge in [0.15, 0.2) is 5.69 Å². The molecule has 7 heteroatoms. The molecule has 1 aromatic carbocycles. The van der Waals surface area contributed by atoms with Gasteiger partial charge in [-0.1, -0.05) is 0 Å². The molecular weight excluding hydrogens is 322 g/mol. The molecule has 1 aromatic heterocycles. The first-order valence-corrected chi connectivity index (χ1v) is 8.22. The highest BCUT2D eigenvalue weighted by Gasteiger charge is 2.39. The summed E-state index contributed by atoms with van der Waals surface area (Å²) < 4.78 is 7.12. The van der Waals surface area contributed by atoms with Crippen LogP contribution in [0.4, 0.5) is 5.69 Å². The number of rotatable bonds is 2. The molecule has 0 fully saturated rings. The minimum atomic E-state index is -0.928. The standard InChI is InChI=1S/C18H19N3O4/c1-18(9-22)8-13-16(17(24)25-18)21(10-19-13)12-4-5-14-11(7-12)3-6-15(23)20(14)2/h4-5,7,10,22H,3,6,8-9H2,1-2H3. The number of cyclic esters (lactones) is 1. The Labute approximate surface area is 144 Å². The molecule has 3 heterocycles. The first-order chi connectivity index (χ1) is 11.9. The predicted octanol–water partition coefficient (Wildman–Crippen LogP) is 1.25. The van der Waals surface area contributed by atoms with Crippen molar-refractivity contribution in [1.29, 1.82) is 0 Å². The Hall–Kier alpha value is -2.67. The Morgan fingerprint density at radius 2 is 2.12 bits per heavy atom. The summed E-state index contributed by atoms with van der Waals surface area (Å²) in [5.74, 6) is -0.382. The number of aryl methyl sites for hydroxylation is 1. The zero-order valence-corrected chi connectivity index (χ0v) is 14.2. The van der Waals surface area contributed by atoms with Crippen LogP contribution >= 0.6 is 0 Å². The number of amides is 1. The molecule has 1 amide bonds. The van der Waals surface area contributed by atoms with Crippen molar-refractivity contribution in [2.75, 3.05) is 18.6 Å².